The van der Waals surface area contributed by atoms with Crippen molar-refractivity contribution in [1.82, 2.24) is 14.9 Å². The van der Waals surface area contributed by atoms with Crippen molar-refractivity contribution in [1.29, 1.82) is 0 Å². The minimum absolute atomic E-state index is 0.0673. The molecule has 4 rings (SSSR count). The van der Waals surface area contributed by atoms with Gasteiger partial charge in [-0.05, 0) is 51.1 Å². The number of hydrogen-bond acceptors (Lipinski definition) is 5. The molecule has 1 aliphatic rings. The lowest BCUT2D eigenvalue weighted by Gasteiger charge is -2.20. The number of nitrogens with zero attached hydrogens (tertiary/aromatic N) is 2. The average molecular weight is 393 g/mol. The Morgan fingerprint density at radius 1 is 1.10 bits per heavy atom. The predicted molar refractivity (Wildman–Crippen MR) is 108 cm³/mol. The van der Waals surface area contributed by atoms with Crippen LogP contribution in [-0.4, -0.2) is 33.8 Å². The number of aromatic hydroxyl groups is 1. The highest BCUT2D eigenvalue weighted by Crippen LogP contribution is 2.33. The Labute approximate surface area is 168 Å². The van der Waals surface area contributed by atoms with Crippen molar-refractivity contribution in [3.63, 3.8) is 0 Å². The van der Waals surface area contributed by atoms with Crippen molar-refractivity contribution < 1.29 is 19.4 Å². The summed E-state index contributed by atoms with van der Waals surface area (Å²) >= 11 is 0. The molecule has 2 aromatic heterocycles. The lowest BCUT2D eigenvalue weighted by molar-refractivity contribution is 0.0949. The number of hydrogen-bond donors (Lipinski definition) is 2. The molecule has 0 bridgehead atoms. The number of pyridine rings is 1. The van der Waals surface area contributed by atoms with Gasteiger partial charge in [-0.1, -0.05) is 0 Å². The average Bonchev–Trinajstić information content (AvgIpc) is 3.02. The number of fused-ring (bicyclic) bond motifs is 1. The third-order valence-corrected chi connectivity index (χ3v) is 4.97. The van der Waals surface area contributed by atoms with E-state index in [0.29, 0.717) is 30.2 Å². The Kier molecular flexibility index (Phi) is 4.88. The SMILES string of the molecule is Cc1ccc(O)c(CNC(=O)c2cc(C)n(-c3ccc4c(c3)OCCO4)c2C)n1. The molecule has 7 heteroatoms. The molecule has 0 aliphatic carbocycles. The minimum Gasteiger partial charge on any atom is -0.506 e. The first-order valence-corrected chi connectivity index (χ1v) is 9.46. The molecular weight excluding hydrogens is 370 g/mol. The summed E-state index contributed by atoms with van der Waals surface area (Å²) in [6.07, 6.45) is 0. The quantitative estimate of drug-likeness (QED) is 0.711. The third kappa shape index (κ3) is 3.63. The van der Waals surface area contributed by atoms with Crippen LogP contribution in [0.15, 0.2) is 36.4 Å². The van der Waals surface area contributed by atoms with Crippen LogP contribution in [0.25, 0.3) is 5.69 Å². The van der Waals surface area contributed by atoms with Crippen molar-refractivity contribution in [3.8, 4) is 22.9 Å². The van der Waals surface area contributed by atoms with Gasteiger partial charge in [0.15, 0.2) is 11.5 Å². The molecule has 3 heterocycles. The molecule has 1 aliphatic heterocycles. The maximum atomic E-state index is 12.8. The van der Waals surface area contributed by atoms with Crippen molar-refractivity contribution >= 4 is 5.91 Å². The summed E-state index contributed by atoms with van der Waals surface area (Å²) in [6.45, 7) is 6.92. The fourth-order valence-electron chi connectivity index (χ4n) is 3.55. The molecule has 1 aromatic carbocycles. The summed E-state index contributed by atoms with van der Waals surface area (Å²) in [5.41, 5.74) is 4.45. The monoisotopic (exact) mass is 393 g/mol. The van der Waals surface area contributed by atoms with Crippen LogP contribution in [0.2, 0.25) is 0 Å². The van der Waals surface area contributed by atoms with E-state index in [1.54, 1.807) is 12.1 Å². The first-order chi connectivity index (χ1) is 13.9. The van der Waals surface area contributed by atoms with Crippen LogP contribution < -0.4 is 14.8 Å². The molecule has 7 nitrogen and oxygen atoms in total. The van der Waals surface area contributed by atoms with Gasteiger partial charge in [-0.25, -0.2) is 0 Å². The fraction of sp³-hybridized carbons (Fsp3) is 0.273. The second-order valence-electron chi connectivity index (χ2n) is 7.05. The van der Waals surface area contributed by atoms with Gasteiger partial charge in [0.05, 0.1) is 12.1 Å². The number of carbonyl (C=O) groups is 1. The van der Waals surface area contributed by atoms with E-state index in [0.717, 1.165) is 28.5 Å². The molecule has 0 unspecified atom stereocenters. The number of ether oxygens (including phenoxy) is 2. The van der Waals surface area contributed by atoms with Crippen LogP contribution in [0.4, 0.5) is 0 Å². The van der Waals surface area contributed by atoms with Gasteiger partial charge in [0.2, 0.25) is 0 Å². The number of nitrogens with one attached hydrogen (secondary N) is 1. The maximum Gasteiger partial charge on any atom is 0.253 e. The Morgan fingerprint density at radius 3 is 2.66 bits per heavy atom. The summed E-state index contributed by atoms with van der Waals surface area (Å²) in [5, 5.41) is 12.8. The first-order valence-electron chi connectivity index (χ1n) is 9.46. The number of amides is 1. The molecule has 0 saturated heterocycles. The van der Waals surface area contributed by atoms with Crippen LogP contribution in [0.1, 0.15) is 33.1 Å². The standard InChI is InChI=1S/C22H23N3O4/c1-13-4-6-19(26)18(24-13)12-23-22(27)17-10-14(2)25(15(17)3)16-5-7-20-21(11-16)29-9-8-28-20/h4-7,10-11,26H,8-9,12H2,1-3H3,(H,23,27). The van der Waals surface area contributed by atoms with Crippen molar-refractivity contribution in [2.45, 2.75) is 27.3 Å². The van der Waals surface area contributed by atoms with E-state index in [1.807, 2.05) is 49.6 Å². The molecular formula is C22H23N3O4. The van der Waals surface area contributed by atoms with Crippen LogP contribution in [0.5, 0.6) is 17.2 Å². The van der Waals surface area contributed by atoms with Gasteiger partial charge in [0.1, 0.15) is 24.7 Å². The van der Waals surface area contributed by atoms with Gasteiger partial charge in [-0.15, -0.1) is 0 Å². The second-order valence-corrected chi connectivity index (χ2v) is 7.05. The van der Waals surface area contributed by atoms with Gasteiger partial charge >= 0.3 is 0 Å². The highest BCUT2D eigenvalue weighted by Gasteiger charge is 2.19. The number of carbonyl (C=O) groups excluding carboxylic acids is 1. The topological polar surface area (TPSA) is 85.6 Å². The van der Waals surface area contributed by atoms with Crippen molar-refractivity contribution in [2.24, 2.45) is 0 Å². The van der Waals surface area contributed by atoms with E-state index in [1.165, 1.54) is 0 Å². The second kappa shape index (κ2) is 7.50. The Morgan fingerprint density at radius 2 is 1.86 bits per heavy atom. The highest BCUT2D eigenvalue weighted by atomic mass is 16.6. The molecule has 1 amide bonds. The first kappa shape index (κ1) is 18.9. The number of aromatic nitrogens is 2. The van der Waals surface area contributed by atoms with Crippen LogP contribution in [0, 0.1) is 20.8 Å². The van der Waals surface area contributed by atoms with Gasteiger partial charge in [-0.2, -0.15) is 0 Å². The maximum absolute atomic E-state index is 12.8. The minimum atomic E-state index is -0.218. The summed E-state index contributed by atoms with van der Waals surface area (Å²) < 4.78 is 13.3. The number of rotatable bonds is 4. The number of aryl methyl sites for hydroxylation is 2. The highest BCUT2D eigenvalue weighted by molar-refractivity contribution is 5.95. The zero-order valence-electron chi connectivity index (χ0n) is 16.7. The molecule has 0 saturated carbocycles. The Balaban J connectivity index is 1.58. The van der Waals surface area contributed by atoms with Crippen molar-refractivity contribution in [2.75, 3.05) is 13.2 Å². The number of benzene rings is 1. The molecule has 0 atom stereocenters. The predicted octanol–water partition coefficient (Wildman–Crippen LogP) is 3.20. The lowest BCUT2D eigenvalue weighted by Crippen LogP contribution is -2.24. The van der Waals surface area contributed by atoms with E-state index >= 15 is 0 Å². The summed E-state index contributed by atoms with van der Waals surface area (Å²) in [7, 11) is 0. The van der Waals surface area contributed by atoms with E-state index in [9.17, 15) is 9.90 Å². The third-order valence-electron chi connectivity index (χ3n) is 4.97. The molecule has 2 N–H and O–H groups in total. The largest absolute Gasteiger partial charge is 0.506 e. The smallest absolute Gasteiger partial charge is 0.253 e. The van der Waals surface area contributed by atoms with Gasteiger partial charge in [0, 0.05) is 28.8 Å². The Bertz CT molecular complexity index is 1090. The van der Waals surface area contributed by atoms with Crippen LogP contribution in [-0.2, 0) is 6.54 Å². The van der Waals surface area contributed by atoms with E-state index in [2.05, 4.69) is 10.3 Å². The molecule has 150 valence electrons. The fourth-order valence-corrected chi connectivity index (χ4v) is 3.55. The summed E-state index contributed by atoms with van der Waals surface area (Å²) in [4.78, 5) is 17.1. The van der Waals surface area contributed by atoms with E-state index in [-0.39, 0.29) is 18.2 Å². The molecule has 0 fully saturated rings. The van der Waals surface area contributed by atoms with Crippen LogP contribution in [0.3, 0.4) is 0 Å². The zero-order chi connectivity index (χ0) is 20.5. The Hall–Kier alpha value is -3.48. The van der Waals surface area contributed by atoms with Gasteiger partial charge in [-0.3, -0.25) is 9.78 Å². The molecule has 0 radical (unpaired) electrons. The van der Waals surface area contributed by atoms with Crippen molar-refractivity contribution in [3.05, 3.63) is 64.7 Å². The van der Waals surface area contributed by atoms with E-state index in [4.69, 9.17) is 9.47 Å². The molecule has 29 heavy (non-hydrogen) atoms. The molecule has 0 spiro atoms. The lowest BCUT2D eigenvalue weighted by atomic mass is 10.2. The molecule has 3 aromatic rings. The summed E-state index contributed by atoms with van der Waals surface area (Å²) in [5.74, 6) is 1.28. The summed E-state index contributed by atoms with van der Waals surface area (Å²) in [6, 6.07) is 10.9. The normalized spacial score (nSPS) is 12.7. The van der Waals surface area contributed by atoms with Gasteiger partial charge in [0.25, 0.3) is 5.91 Å². The van der Waals surface area contributed by atoms with E-state index < -0.39 is 0 Å². The zero-order valence-corrected chi connectivity index (χ0v) is 16.7. The van der Waals surface area contributed by atoms with Crippen LogP contribution >= 0.6 is 0 Å². The van der Waals surface area contributed by atoms with Gasteiger partial charge < -0.3 is 24.5 Å².